The lowest BCUT2D eigenvalue weighted by atomic mass is 9.92. The van der Waals surface area contributed by atoms with Crippen molar-refractivity contribution in [2.45, 2.75) is 37.6 Å². The molecular formula is C21H19F2N3. The first-order chi connectivity index (χ1) is 12.5. The number of fused-ring (bicyclic) bond motifs is 1. The number of halogens is 2. The maximum atomic E-state index is 13.6. The van der Waals surface area contributed by atoms with Crippen molar-refractivity contribution in [3.63, 3.8) is 0 Å². The first-order valence-electron chi connectivity index (χ1n) is 8.75. The highest BCUT2D eigenvalue weighted by molar-refractivity contribution is 5.97. The second kappa shape index (κ2) is 6.14. The lowest BCUT2D eigenvalue weighted by Crippen LogP contribution is -2.26. The zero-order chi connectivity index (χ0) is 18.3. The molecule has 1 aliphatic carbocycles. The van der Waals surface area contributed by atoms with Crippen LogP contribution in [0.1, 0.15) is 37.3 Å². The standard InChI is InChI=1S/C21H19F2N3/c22-21(23)8-6-17(7-9-21)26-13-19(15-3-1-2-14(10-15)12-24)18-5-4-16(25)11-20(18)26/h1-5,10-11,13,17H,6-9,25H2. The molecule has 0 amide bonds. The highest BCUT2D eigenvalue weighted by Crippen LogP contribution is 2.42. The van der Waals surface area contributed by atoms with Crippen molar-refractivity contribution in [2.24, 2.45) is 0 Å². The van der Waals surface area contributed by atoms with E-state index in [2.05, 4.69) is 10.6 Å². The number of hydrogen-bond acceptors (Lipinski definition) is 2. The first kappa shape index (κ1) is 16.6. The van der Waals surface area contributed by atoms with E-state index in [9.17, 15) is 14.0 Å². The van der Waals surface area contributed by atoms with Crippen molar-refractivity contribution in [1.29, 1.82) is 5.26 Å². The van der Waals surface area contributed by atoms with E-state index < -0.39 is 5.92 Å². The van der Waals surface area contributed by atoms with Crippen molar-refractivity contribution in [2.75, 3.05) is 5.73 Å². The fraction of sp³-hybridized carbons (Fsp3) is 0.286. The van der Waals surface area contributed by atoms with Gasteiger partial charge in [0.25, 0.3) is 0 Å². The number of nitrogen functional groups attached to an aromatic ring is 1. The van der Waals surface area contributed by atoms with Crippen LogP contribution in [0.25, 0.3) is 22.0 Å². The molecule has 4 rings (SSSR count). The van der Waals surface area contributed by atoms with Gasteiger partial charge in [0, 0.05) is 41.7 Å². The number of hydrogen-bond donors (Lipinski definition) is 1. The fourth-order valence-electron chi connectivity index (χ4n) is 3.86. The van der Waals surface area contributed by atoms with Crippen molar-refractivity contribution < 1.29 is 8.78 Å². The van der Waals surface area contributed by atoms with Gasteiger partial charge in [0.1, 0.15) is 0 Å². The smallest absolute Gasteiger partial charge is 0.248 e. The summed E-state index contributed by atoms with van der Waals surface area (Å²) in [7, 11) is 0. The number of nitriles is 1. The Morgan fingerprint density at radius 3 is 2.62 bits per heavy atom. The number of benzene rings is 2. The van der Waals surface area contributed by atoms with E-state index >= 15 is 0 Å². The highest BCUT2D eigenvalue weighted by Gasteiger charge is 2.35. The Morgan fingerprint density at radius 2 is 1.88 bits per heavy atom. The Balaban J connectivity index is 1.84. The van der Waals surface area contributed by atoms with E-state index in [1.54, 1.807) is 6.07 Å². The van der Waals surface area contributed by atoms with Gasteiger partial charge in [-0.15, -0.1) is 0 Å². The highest BCUT2D eigenvalue weighted by atomic mass is 19.3. The molecule has 5 heteroatoms. The van der Waals surface area contributed by atoms with Gasteiger partial charge in [0.15, 0.2) is 0 Å². The Bertz CT molecular complexity index is 1000. The fourth-order valence-corrected chi connectivity index (χ4v) is 3.86. The Morgan fingerprint density at radius 1 is 1.12 bits per heavy atom. The minimum atomic E-state index is -2.55. The van der Waals surface area contributed by atoms with Gasteiger partial charge in [-0.05, 0) is 42.7 Å². The summed E-state index contributed by atoms with van der Waals surface area (Å²) in [5.74, 6) is -2.55. The minimum absolute atomic E-state index is 0.0341. The summed E-state index contributed by atoms with van der Waals surface area (Å²) in [6.45, 7) is 0. The Hall–Kier alpha value is -2.87. The molecule has 1 aromatic heterocycles. The quantitative estimate of drug-likeness (QED) is 0.619. The molecule has 0 spiro atoms. The van der Waals surface area contributed by atoms with Crippen molar-refractivity contribution in [3.05, 3.63) is 54.2 Å². The zero-order valence-electron chi connectivity index (χ0n) is 14.3. The molecule has 3 aromatic rings. The molecule has 1 saturated carbocycles. The van der Waals surface area contributed by atoms with Crippen LogP contribution in [-0.4, -0.2) is 10.5 Å². The number of aromatic nitrogens is 1. The molecule has 1 heterocycles. The molecule has 26 heavy (non-hydrogen) atoms. The third-order valence-corrected chi connectivity index (χ3v) is 5.24. The molecule has 2 aromatic carbocycles. The van der Waals surface area contributed by atoms with Crippen LogP contribution in [0.5, 0.6) is 0 Å². The SMILES string of the molecule is N#Cc1cccc(-c2cn(C3CCC(F)(F)CC3)c3cc(N)ccc23)c1. The predicted octanol–water partition coefficient (Wildman–Crippen LogP) is 5.51. The van der Waals surface area contributed by atoms with Gasteiger partial charge in [-0.1, -0.05) is 18.2 Å². The largest absolute Gasteiger partial charge is 0.399 e. The summed E-state index contributed by atoms with van der Waals surface area (Å²) >= 11 is 0. The van der Waals surface area contributed by atoms with E-state index in [0.717, 1.165) is 22.0 Å². The van der Waals surface area contributed by atoms with E-state index in [1.807, 2.05) is 42.6 Å². The Kier molecular flexibility index (Phi) is 3.91. The number of rotatable bonds is 2. The summed E-state index contributed by atoms with van der Waals surface area (Å²) in [4.78, 5) is 0. The average Bonchev–Trinajstić information content (AvgIpc) is 3.00. The molecule has 1 fully saturated rings. The zero-order valence-corrected chi connectivity index (χ0v) is 14.3. The molecule has 0 radical (unpaired) electrons. The van der Waals surface area contributed by atoms with E-state index in [1.165, 1.54) is 0 Å². The summed E-state index contributed by atoms with van der Waals surface area (Å²) in [5, 5.41) is 10.2. The monoisotopic (exact) mass is 351 g/mol. The lowest BCUT2D eigenvalue weighted by molar-refractivity contribution is -0.0435. The van der Waals surface area contributed by atoms with Gasteiger partial charge < -0.3 is 10.3 Å². The summed E-state index contributed by atoms with van der Waals surface area (Å²) in [5.41, 5.74) is 10.1. The molecule has 2 N–H and O–H groups in total. The van der Waals surface area contributed by atoms with Crippen LogP contribution in [-0.2, 0) is 0 Å². The van der Waals surface area contributed by atoms with Crippen LogP contribution in [0.3, 0.4) is 0 Å². The van der Waals surface area contributed by atoms with Gasteiger partial charge in [-0.3, -0.25) is 0 Å². The second-order valence-electron chi connectivity index (χ2n) is 7.01. The van der Waals surface area contributed by atoms with E-state index in [0.29, 0.717) is 24.1 Å². The van der Waals surface area contributed by atoms with Crippen LogP contribution in [0.2, 0.25) is 0 Å². The average molecular weight is 351 g/mol. The molecular weight excluding hydrogens is 332 g/mol. The van der Waals surface area contributed by atoms with Gasteiger partial charge >= 0.3 is 0 Å². The number of nitrogens with zero attached hydrogens (tertiary/aromatic N) is 2. The molecule has 0 atom stereocenters. The topological polar surface area (TPSA) is 54.7 Å². The molecule has 0 bridgehead atoms. The molecule has 0 saturated heterocycles. The third-order valence-electron chi connectivity index (χ3n) is 5.24. The maximum Gasteiger partial charge on any atom is 0.248 e. The van der Waals surface area contributed by atoms with Gasteiger partial charge in [0.05, 0.1) is 17.1 Å². The second-order valence-corrected chi connectivity index (χ2v) is 7.01. The third kappa shape index (κ3) is 2.92. The molecule has 0 aliphatic heterocycles. The Labute approximate surface area is 150 Å². The van der Waals surface area contributed by atoms with E-state index in [4.69, 9.17) is 5.73 Å². The van der Waals surface area contributed by atoms with Gasteiger partial charge in [0.2, 0.25) is 5.92 Å². The van der Waals surface area contributed by atoms with Crippen molar-refractivity contribution >= 4 is 16.6 Å². The minimum Gasteiger partial charge on any atom is -0.399 e. The van der Waals surface area contributed by atoms with Crippen LogP contribution in [0.4, 0.5) is 14.5 Å². The summed E-state index contributed by atoms with van der Waals surface area (Å²) in [6, 6.07) is 15.4. The predicted molar refractivity (Wildman–Crippen MR) is 99.0 cm³/mol. The van der Waals surface area contributed by atoms with E-state index in [-0.39, 0.29) is 18.9 Å². The number of anilines is 1. The molecule has 0 unspecified atom stereocenters. The van der Waals surface area contributed by atoms with Crippen LogP contribution in [0, 0.1) is 11.3 Å². The normalized spacial score (nSPS) is 17.3. The van der Waals surface area contributed by atoms with Crippen molar-refractivity contribution in [3.8, 4) is 17.2 Å². The number of nitrogens with two attached hydrogens (primary N) is 1. The van der Waals surface area contributed by atoms with Gasteiger partial charge in [-0.25, -0.2) is 8.78 Å². The van der Waals surface area contributed by atoms with Gasteiger partial charge in [-0.2, -0.15) is 5.26 Å². The molecule has 3 nitrogen and oxygen atoms in total. The van der Waals surface area contributed by atoms with Crippen LogP contribution < -0.4 is 5.73 Å². The van der Waals surface area contributed by atoms with Crippen LogP contribution in [0.15, 0.2) is 48.7 Å². The molecule has 132 valence electrons. The first-order valence-corrected chi connectivity index (χ1v) is 8.75. The maximum absolute atomic E-state index is 13.6. The summed E-state index contributed by atoms with van der Waals surface area (Å²) < 4.78 is 29.2. The molecule has 1 aliphatic rings. The summed E-state index contributed by atoms with van der Waals surface area (Å²) in [6.07, 6.45) is 2.75. The van der Waals surface area contributed by atoms with Crippen molar-refractivity contribution in [1.82, 2.24) is 4.57 Å². The lowest BCUT2D eigenvalue weighted by Gasteiger charge is -2.29. The van der Waals surface area contributed by atoms with Crippen LogP contribution >= 0.6 is 0 Å². The number of alkyl halides is 2.